The predicted octanol–water partition coefficient (Wildman–Crippen LogP) is 4.71. The van der Waals surface area contributed by atoms with Crippen LogP contribution in [-0.2, 0) is 6.18 Å². The second kappa shape index (κ2) is 5.07. The quantitative estimate of drug-likeness (QED) is 0.575. The Balaban J connectivity index is 2.53. The summed E-state index contributed by atoms with van der Waals surface area (Å²) >= 11 is 0. The molecule has 1 nitrogen and oxygen atoms in total. The van der Waals surface area contributed by atoms with Crippen molar-refractivity contribution in [2.24, 2.45) is 0 Å². The second-order valence-corrected chi connectivity index (χ2v) is 4.29. The van der Waals surface area contributed by atoms with Crippen LogP contribution in [-0.4, -0.2) is 5.78 Å². The highest BCUT2D eigenvalue weighted by atomic mass is 19.4. The van der Waals surface area contributed by atoms with Gasteiger partial charge in [0.25, 0.3) is 0 Å². The van der Waals surface area contributed by atoms with Gasteiger partial charge in [-0.05, 0) is 36.2 Å². The van der Waals surface area contributed by atoms with Crippen molar-refractivity contribution in [3.63, 3.8) is 0 Å². The van der Waals surface area contributed by atoms with E-state index < -0.39 is 23.3 Å². The largest absolute Gasteiger partial charge is 0.416 e. The van der Waals surface area contributed by atoms with Gasteiger partial charge in [-0.25, -0.2) is 4.39 Å². The van der Waals surface area contributed by atoms with Crippen molar-refractivity contribution in [1.82, 2.24) is 0 Å². The highest BCUT2D eigenvalue weighted by molar-refractivity contribution is 6.01. The molecule has 0 amide bonds. The van der Waals surface area contributed by atoms with Gasteiger partial charge in [-0.15, -0.1) is 0 Å². The van der Waals surface area contributed by atoms with E-state index in [1.54, 1.807) is 0 Å². The van der Waals surface area contributed by atoms with E-state index in [2.05, 4.69) is 0 Å². The minimum atomic E-state index is -4.43. The molecular weight excluding hydrogens is 272 g/mol. The van der Waals surface area contributed by atoms with E-state index in [0.717, 1.165) is 18.2 Å². The van der Waals surface area contributed by atoms with E-state index in [1.165, 1.54) is 31.2 Å². The summed E-state index contributed by atoms with van der Waals surface area (Å²) in [7, 11) is 0. The Kier molecular flexibility index (Phi) is 3.61. The van der Waals surface area contributed by atoms with Gasteiger partial charge in [0.05, 0.1) is 11.1 Å². The summed E-state index contributed by atoms with van der Waals surface area (Å²) in [4.78, 5) is 11.5. The number of carbonyl (C=O) groups is 1. The molecule has 0 N–H and O–H groups in total. The summed E-state index contributed by atoms with van der Waals surface area (Å²) in [6.45, 7) is 1.21. The zero-order valence-corrected chi connectivity index (χ0v) is 10.5. The maximum absolute atomic E-state index is 13.7. The second-order valence-electron chi connectivity index (χ2n) is 4.29. The van der Waals surface area contributed by atoms with Crippen molar-refractivity contribution < 1.29 is 22.4 Å². The van der Waals surface area contributed by atoms with Gasteiger partial charge in [-0.2, -0.15) is 13.2 Å². The molecule has 0 atom stereocenters. The van der Waals surface area contributed by atoms with Crippen molar-refractivity contribution in [2.45, 2.75) is 13.1 Å². The fourth-order valence-electron chi connectivity index (χ4n) is 1.96. The molecule has 0 saturated carbocycles. The summed E-state index contributed by atoms with van der Waals surface area (Å²) < 4.78 is 51.1. The van der Waals surface area contributed by atoms with Crippen LogP contribution in [0.2, 0.25) is 0 Å². The first-order valence-corrected chi connectivity index (χ1v) is 5.78. The molecule has 2 aromatic rings. The molecule has 0 aliphatic heterocycles. The molecule has 0 spiro atoms. The average molecular weight is 282 g/mol. The lowest BCUT2D eigenvalue weighted by Gasteiger charge is -2.10. The zero-order valence-electron chi connectivity index (χ0n) is 10.5. The molecule has 5 heteroatoms. The Labute approximate surface area is 112 Å². The van der Waals surface area contributed by atoms with E-state index in [4.69, 9.17) is 0 Å². The SMILES string of the molecule is CC(=O)c1c(F)cccc1-c1ccc(C(F)(F)F)cc1. The van der Waals surface area contributed by atoms with Crippen molar-refractivity contribution in [2.75, 3.05) is 0 Å². The minimum Gasteiger partial charge on any atom is -0.294 e. The Morgan fingerprint density at radius 3 is 2.10 bits per heavy atom. The molecule has 0 saturated heterocycles. The normalized spacial score (nSPS) is 11.4. The van der Waals surface area contributed by atoms with Crippen LogP contribution < -0.4 is 0 Å². The summed E-state index contributed by atoms with van der Waals surface area (Å²) in [5.74, 6) is -1.16. The Morgan fingerprint density at radius 1 is 1.00 bits per heavy atom. The summed E-state index contributed by atoms with van der Waals surface area (Å²) in [5.41, 5.74) is -0.261. The predicted molar refractivity (Wildman–Crippen MR) is 66.8 cm³/mol. The molecule has 0 aromatic heterocycles. The van der Waals surface area contributed by atoms with Gasteiger partial charge in [0.15, 0.2) is 5.78 Å². The van der Waals surface area contributed by atoms with Crippen LogP contribution in [0.3, 0.4) is 0 Å². The van der Waals surface area contributed by atoms with E-state index in [0.29, 0.717) is 5.56 Å². The summed E-state index contributed by atoms with van der Waals surface area (Å²) in [5, 5.41) is 0. The van der Waals surface area contributed by atoms with Gasteiger partial charge in [-0.1, -0.05) is 24.3 Å². The highest BCUT2D eigenvalue weighted by Gasteiger charge is 2.30. The number of benzene rings is 2. The maximum atomic E-state index is 13.7. The molecular formula is C15H10F4O. The lowest BCUT2D eigenvalue weighted by Crippen LogP contribution is -2.04. The van der Waals surface area contributed by atoms with Gasteiger partial charge in [0, 0.05) is 0 Å². The topological polar surface area (TPSA) is 17.1 Å². The third-order valence-electron chi connectivity index (χ3n) is 2.89. The fourth-order valence-corrected chi connectivity index (χ4v) is 1.96. The average Bonchev–Trinajstić information content (AvgIpc) is 2.37. The molecule has 0 heterocycles. The van der Waals surface area contributed by atoms with Crippen LogP contribution in [0.5, 0.6) is 0 Å². The van der Waals surface area contributed by atoms with E-state index in [1.807, 2.05) is 0 Å². The number of Topliss-reactive ketones (excluding diaryl/α,β-unsaturated/α-hetero) is 1. The van der Waals surface area contributed by atoms with Gasteiger partial charge in [0.2, 0.25) is 0 Å². The lowest BCUT2D eigenvalue weighted by molar-refractivity contribution is -0.137. The summed E-state index contributed by atoms with van der Waals surface area (Å²) in [6.07, 6.45) is -4.43. The van der Waals surface area contributed by atoms with Crippen molar-refractivity contribution >= 4 is 5.78 Å². The van der Waals surface area contributed by atoms with E-state index in [9.17, 15) is 22.4 Å². The number of hydrogen-bond donors (Lipinski definition) is 0. The minimum absolute atomic E-state index is 0.118. The fraction of sp³-hybridized carbons (Fsp3) is 0.133. The molecule has 0 radical (unpaired) electrons. The number of ketones is 1. The summed E-state index contributed by atoms with van der Waals surface area (Å²) in [6, 6.07) is 8.32. The van der Waals surface area contributed by atoms with Gasteiger partial charge >= 0.3 is 6.18 Å². The maximum Gasteiger partial charge on any atom is 0.416 e. The molecule has 0 unspecified atom stereocenters. The van der Waals surface area contributed by atoms with Crippen LogP contribution >= 0.6 is 0 Å². The standard InChI is InChI=1S/C15H10F4O/c1-9(20)14-12(3-2-4-13(14)16)10-5-7-11(8-6-10)15(17,18)19/h2-8H,1H3. The Hall–Kier alpha value is -2.17. The van der Waals surface area contributed by atoms with Crippen molar-refractivity contribution in [3.05, 3.63) is 59.4 Å². The van der Waals surface area contributed by atoms with Crippen LogP contribution in [0.4, 0.5) is 17.6 Å². The smallest absolute Gasteiger partial charge is 0.294 e. The van der Waals surface area contributed by atoms with Gasteiger partial charge < -0.3 is 0 Å². The first-order valence-electron chi connectivity index (χ1n) is 5.78. The van der Waals surface area contributed by atoms with Gasteiger partial charge in [0.1, 0.15) is 5.82 Å². The molecule has 2 rings (SSSR count). The van der Waals surface area contributed by atoms with Gasteiger partial charge in [-0.3, -0.25) is 4.79 Å². The number of hydrogen-bond acceptors (Lipinski definition) is 1. The number of carbonyl (C=O) groups excluding carboxylic acids is 1. The molecule has 20 heavy (non-hydrogen) atoms. The molecule has 0 aliphatic rings. The lowest BCUT2D eigenvalue weighted by atomic mass is 9.96. The van der Waals surface area contributed by atoms with Crippen LogP contribution in [0.15, 0.2) is 42.5 Å². The van der Waals surface area contributed by atoms with E-state index >= 15 is 0 Å². The van der Waals surface area contributed by atoms with Crippen LogP contribution in [0.1, 0.15) is 22.8 Å². The molecule has 2 aromatic carbocycles. The monoisotopic (exact) mass is 282 g/mol. The van der Waals surface area contributed by atoms with Crippen LogP contribution in [0.25, 0.3) is 11.1 Å². The Morgan fingerprint density at radius 2 is 1.60 bits per heavy atom. The third kappa shape index (κ3) is 2.71. The Bertz CT molecular complexity index is 642. The van der Waals surface area contributed by atoms with Crippen molar-refractivity contribution in [1.29, 1.82) is 0 Å². The zero-order chi connectivity index (χ0) is 14.9. The molecule has 104 valence electrons. The number of halogens is 4. The third-order valence-corrected chi connectivity index (χ3v) is 2.89. The first-order chi connectivity index (χ1) is 9.30. The van der Waals surface area contributed by atoms with Crippen LogP contribution in [0, 0.1) is 5.82 Å². The number of rotatable bonds is 2. The first kappa shape index (κ1) is 14.2. The molecule has 0 aliphatic carbocycles. The van der Waals surface area contributed by atoms with Crippen molar-refractivity contribution in [3.8, 4) is 11.1 Å². The highest BCUT2D eigenvalue weighted by Crippen LogP contribution is 2.32. The molecule has 0 bridgehead atoms. The molecule has 0 fully saturated rings. The van der Waals surface area contributed by atoms with E-state index in [-0.39, 0.29) is 11.1 Å². The number of alkyl halides is 3.